The normalized spacial score (nSPS) is 20.8. The zero-order valence-corrected chi connectivity index (χ0v) is 32.7. The summed E-state index contributed by atoms with van der Waals surface area (Å²) in [4.78, 5) is 68.3. The number of piperidine rings is 3. The van der Waals surface area contributed by atoms with Crippen molar-refractivity contribution >= 4 is 46.2 Å². The van der Waals surface area contributed by atoms with Crippen LogP contribution in [0.2, 0.25) is 0 Å². The Morgan fingerprint density at radius 2 is 1.54 bits per heavy atom. The van der Waals surface area contributed by atoms with Gasteiger partial charge in [-0.15, -0.1) is 0 Å². The number of para-hydroxylation sites is 1. The number of likely N-dealkylation sites (tertiary alicyclic amines) is 2. The molecule has 3 N–H and O–H groups in total. The third kappa shape index (κ3) is 6.92. The highest BCUT2D eigenvalue weighted by atomic mass is 16.5. The standard InChI is InChI=1S/C44H46N10O5/c45-40-38-39(27-6-9-34(10-7-27)59-33-4-2-1-3-5-33)49-54(41(38)47-26-46-40)31-16-20-51(21-17-31)43(57)29-23-52(24-29)30-14-18-50(19-15-30)32-8-11-35-28(22-32)25-53(44(35)58)36-12-13-37(55)48-42(36)56/h1-11,22,26,29-31,36H,12-21,23-25H2,(H2,45,46,47)(H,48,55,56). The third-order valence-electron chi connectivity index (χ3n) is 12.9. The Balaban J connectivity index is 0.717. The van der Waals surface area contributed by atoms with Crippen molar-refractivity contribution < 1.29 is 23.9 Å². The molecule has 10 rings (SSSR count). The van der Waals surface area contributed by atoms with Crippen molar-refractivity contribution in [2.45, 2.75) is 63.2 Å². The second-order valence-corrected chi connectivity index (χ2v) is 16.4. The first-order valence-corrected chi connectivity index (χ1v) is 20.6. The van der Waals surface area contributed by atoms with Crippen molar-refractivity contribution in [3.05, 3.63) is 90.3 Å². The number of anilines is 2. The summed E-state index contributed by atoms with van der Waals surface area (Å²) in [6, 6.07) is 23.3. The minimum atomic E-state index is -0.615. The molecule has 2 aromatic heterocycles. The lowest BCUT2D eigenvalue weighted by atomic mass is 9.91. The summed E-state index contributed by atoms with van der Waals surface area (Å²) in [7, 11) is 0. The maximum absolute atomic E-state index is 13.7. The number of imide groups is 1. The summed E-state index contributed by atoms with van der Waals surface area (Å²) in [5.74, 6) is 1.30. The molecule has 5 aliphatic heterocycles. The Hall–Kier alpha value is -6.35. The average Bonchev–Trinajstić information content (AvgIpc) is 3.79. The summed E-state index contributed by atoms with van der Waals surface area (Å²) in [5, 5.41) is 8.16. The fraction of sp³-hybridized carbons (Fsp3) is 0.386. The van der Waals surface area contributed by atoms with E-state index in [2.05, 4.69) is 31.2 Å². The summed E-state index contributed by atoms with van der Waals surface area (Å²) in [6.45, 7) is 5.07. The lowest BCUT2D eigenvalue weighted by Gasteiger charge is -2.48. The van der Waals surface area contributed by atoms with Crippen LogP contribution in [0.3, 0.4) is 0 Å². The van der Waals surface area contributed by atoms with Gasteiger partial charge < -0.3 is 25.2 Å². The van der Waals surface area contributed by atoms with Gasteiger partial charge in [0.05, 0.1) is 17.3 Å². The fourth-order valence-electron chi connectivity index (χ4n) is 9.56. The quantitative estimate of drug-likeness (QED) is 0.214. The van der Waals surface area contributed by atoms with Crippen molar-refractivity contribution in [2.75, 3.05) is 49.9 Å². The van der Waals surface area contributed by atoms with Crippen LogP contribution in [-0.4, -0.2) is 109 Å². The molecule has 0 bridgehead atoms. The molecule has 0 spiro atoms. The predicted octanol–water partition coefficient (Wildman–Crippen LogP) is 4.39. The second-order valence-electron chi connectivity index (χ2n) is 16.4. The number of carbonyl (C=O) groups is 4. The van der Waals surface area contributed by atoms with Crippen molar-refractivity contribution in [3.8, 4) is 22.8 Å². The van der Waals surface area contributed by atoms with Gasteiger partial charge in [-0.2, -0.15) is 5.10 Å². The van der Waals surface area contributed by atoms with Gasteiger partial charge in [0.25, 0.3) is 5.91 Å². The lowest BCUT2D eigenvalue weighted by Crippen LogP contribution is -2.60. The van der Waals surface area contributed by atoms with Gasteiger partial charge in [0.1, 0.15) is 35.4 Å². The second kappa shape index (κ2) is 15.1. The molecule has 3 aromatic carbocycles. The molecule has 302 valence electrons. The number of nitrogens with two attached hydrogens (primary N) is 1. The van der Waals surface area contributed by atoms with E-state index in [0.29, 0.717) is 49.1 Å². The maximum atomic E-state index is 13.7. The molecule has 5 aromatic rings. The van der Waals surface area contributed by atoms with E-state index in [9.17, 15) is 19.2 Å². The summed E-state index contributed by atoms with van der Waals surface area (Å²) in [6.07, 6.45) is 5.64. The average molecular weight is 795 g/mol. The minimum absolute atomic E-state index is 0.0182. The Morgan fingerprint density at radius 1 is 0.814 bits per heavy atom. The van der Waals surface area contributed by atoms with E-state index in [0.717, 1.165) is 91.3 Å². The number of amides is 4. The fourth-order valence-corrected chi connectivity index (χ4v) is 9.56. The predicted molar refractivity (Wildman–Crippen MR) is 219 cm³/mol. The Bertz CT molecular complexity index is 2430. The van der Waals surface area contributed by atoms with Gasteiger partial charge in [0.15, 0.2) is 5.65 Å². The third-order valence-corrected chi connectivity index (χ3v) is 12.9. The van der Waals surface area contributed by atoms with Crippen molar-refractivity contribution in [1.29, 1.82) is 0 Å². The summed E-state index contributed by atoms with van der Waals surface area (Å²) >= 11 is 0. The van der Waals surface area contributed by atoms with Gasteiger partial charge in [0, 0.05) is 75.1 Å². The summed E-state index contributed by atoms with van der Waals surface area (Å²) in [5.41, 5.74) is 11.4. The number of carbonyl (C=O) groups excluding carboxylic acids is 4. The number of nitrogen functional groups attached to an aromatic ring is 1. The molecule has 1 atom stereocenters. The van der Waals surface area contributed by atoms with Crippen LogP contribution in [0.15, 0.2) is 79.1 Å². The Kier molecular flexibility index (Phi) is 9.46. The number of rotatable bonds is 8. The van der Waals surface area contributed by atoms with Gasteiger partial charge in [-0.05, 0) is 92.3 Å². The molecule has 1 unspecified atom stereocenters. The van der Waals surface area contributed by atoms with Crippen LogP contribution in [0.1, 0.15) is 60.5 Å². The van der Waals surface area contributed by atoms with E-state index < -0.39 is 11.9 Å². The molecular weight excluding hydrogens is 749 g/mol. The molecule has 59 heavy (non-hydrogen) atoms. The number of aromatic nitrogens is 4. The van der Waals surface area contributed by atoms with E-state index in [-0.39, 0.29) is 36.1 Å². The number of nitrogens with zero attached hydrogens (tertiary/aromatic N) is 8. The number of fused-ring (bicyclic) bond motifs is 2. The van der Waals surface area contributed by atoms with Crippen LogP contribution in [0, 0.1) is 5.92 Å². The van der Waals surface area contributed by atoms with Crippen LogP contribution < -0.4 is 20.7 Å². The van der Waals surface area contributed by atoms with E-state index in [4.69, 9.17) is 15.6 Å². The first-order valence-electron chi connectivity index (χ1n) is 20.6. The number of hydrogen-bond donors (Lipinski definition) is 2. The number of nitrogens with one attached hydrogen (secondary N) is 1. The Labute approximate surface area is 341 Å². The smallest absolute Gasteiger partial charge is 0.255 e. The van der Waals surface area contributed by atoms with Crippen LogP contribution in [0.25, 0.3) is 22.3 Å². The SMILES string of the molecule is Nc1ncnc2c1c(-c1ccc(Oc3ccccc3)cc1)nn2C1CCN(C(=O)C2CN(C3CCN(c4ccc5c(c4)CN(C4CCC(=O)NC4=O)C5=O)CC3)C2)CC1. The van der Waals surface area contributed by atoms with Gasteiger partial charge in [-0.25, -0.2) is 14.6 Å². The minimum Gasteiger partial charge on any atom is -0.457 e. The van der Waals surface area contributed by atoms with Crippen LogP contribution in [0.4, 0.5) is 11.5 Å². The van der Waals surface area contributed by atoms with E-state index in [1.807, 2.05) is 76.3 Å². The molecule has 4 fully saturated rings. The van der Waals surface area contributed by atoms with Gasteiger partial charge >= 0.3 is 0 Å². The van der Waals surface area contributed by atoms with E-state index >= 15 is 0 Å². The van der Waals surface area contributed by atoms with Crippen molar-refractivity contribution in [1.82, 2.24) is 39.8 Å². The Morgan fingerprint density at radius 3 is 2.29 bits per heavy atom. The monoisotopic (exact) mass is 794 g/mol. The van der Waals surface area contributed by atoms with Crippen molar-refractivity contribution in [2.24, 2.45) is 5.92 Å². The highest BCUT2D eigenvalue weighted by Crippen LogP contribution is 2.37. The van der Waals surface area contributed by atoms with Gasteiger partial charge in [-0.1, -0.05) is 18.2 Å². The first kappa shape index (κ1) is 37.0. The topological polar surface area (TPSA) is 172 Å². The molecule has 4 saturated heterocycles. The van der Waals surface area contributed by atoms with Crippen LogP contribution >= 0.6 is 0 Å². The van der Waals surface area contributed by atoms with E-state index in [1.54, 1.807) is 4.90 Å². The van der Waals surface area contributed by atoms with Crippen molar-refractivity contribution in [3.63, 3.8) is 0 Å². The molecule has 7 heterocycles. The molecule has 0 radical (unpaired) electrons. The molecule has 4 amide bonds. The molecule has 15 nitrogen and oxygen atoms in total. The van der Waals surface area contributed by atoms with Gasteiger partial charge in [-0.3, -0.25) is 29.4 Å². The number of hydrogen-bond acceptors (Lipinski definition) is 11. The zero-order valence-electron chi connectivity index (χ0n) is 32.7. The van der Waals surface area contributed by atoms with E-state index in [1.165, 1.54) is 6.33 Å². The molecule has 5 aliphatic rings. The summed E-state index contributed by atoms with van der Waals surface area (Å²) < 4.78 is 7.98. The number of benzene rings is 3. The molecule has 15 heteroatoms. The maximum Gasteiger partial charge on any atom is 0.255 e. The highest BCUT2D eigenvalue weighted by Gasteiger charge is 2.42. The molecular formula is C44H46N10O5. The zero-order chi connectivity index (χ0) is 40.2. The highest BCUT2D eigenvalue weighted by molar-refractivity contribution is 6.05. The molecule has 0 saturated carbocycles. The first-order chi connectivity index (χ1) is 28.8. The lowest BCUT2D eigenvalue weighted by molar-refractivity contribution is -0.144. The van der Waals surface area contributed by atoms with Crippen LogP contribution in [-0.2, 0) is 20.9 Å². The number of ether oxygens (including phenoxy) is 1. The largest absolute Gasteiger partial charge is 0.457 e. The van der Waals surface area contributed by atoms with Crippen LogP contribution in [0.5, 0.6) is 11.5 Å². The molecule has 0 aliphatic carbocycles. The van der Waals surface area contributed by atoms with Gasteiger partial charge in [0.2, 0.25) is 17.7 Å².